The Hall–Kier alpha value is -1.78. The van der Waals surface area contributed by atoms with Gasteiger partial charge in [-0.1, -0.05) is 23.7 Å². The van der Waals surface area contributed by atoms with Crippen molar-refractivity contribution in [1.82, 2.24) is 9.88 Å². The third-order valence-corrected chi connectivity index (χ3v) is 4.33. The lowest BCUT2D eigenvalue weighted by molar-refractivity contribution is 0.261. The molecule has 4 nitrogen and oxygen atoms in total. The van der Waals surface area contributed by atoms with Crippen molar-refractivity contribution in [3.8, 4) is 5.75 Å². The number of rotatable bonds is 4. The minimum absolute atomic E-state index is 0.225. The number of aromatic nitrogens is 1. The summed E-state index contributed by atoms with van der Waals surface area (Å²) in [5.74, 6) is 0.225. The SMILES string of the molecule is Oc1cncc(N2CCN(CCc3ccc(Cl)cc3)CC2)c1. The van der Waals surface area contributed by atoms with Crippen molar-refractivity contribution in [3.05, 3.63) is 53.3 Å². The zero-order valence-corrected chi connectivity index (χ0v) is 13.2. The highest BCUT2D eigenvalue weighted by Crippen LogP contribution is 2.20. The molecule has 1 aliphatic heterocycles. The molecule has 0 amide bonds. The molecule has 116 valence electrons. The third kappa shape index (κ3) is 3.90. The van der Waals surface area contributed by atoms with Crippen molar-refractivity contribution in [3.63, 3.8) is 0 Å². The van der Waals surface area contributed by atoms with Crippen LogP contribution >= 0.6 is 11.6 Å². The number of benzene rings is 1. The molecule has 1 N–H and O–H groups in total. The first kappa shape index (κ1) is 15.1. The van der Waals surface area contributed by atoms with Crippen molar-refractivity contribution in [2.45, 2.75) is 6.42 Å². The summed E-state index contributed by atoms with van der Waals surface area (Å²) in [6.45, 7) is 5.05. The van der Waals surface area contributed by atoms with Gasteiger partial charge in [0.25, 0.3) is 0 Å². The van der Waals surface area contributed by atoms with E-state index in [4.69, 9.17) is 11.6 Å². The fourth-order valence-electron chi connectivity index (χ4n) is 2.76. The Balaban J connectivity index is 1.48. The summed E-state index contributed by atoms with van der Waals surface area (Å²) < 4.78 is 0. The molecule has 2 heterocycles. The Morgan fingerprint density at radius 3 is 2.45 bits per heavy atom. The van der Waals surface area contributed by atoms with Crippen LogP contribution in [0.3, 0.4) is 0 Å². The molecule has 0 spiro atoms. The van der Waals surface area contributed by atoms with Crippen LogP contribution in [-0.4, -0.2) is 47.7 Å². The first-order chi connectivity index (χ1) is 10.7. The van der Waals surface area contributed by atoms with Gasteiger partial charge in [0.05, 0.1) is 18.1 Å². The van der Waals surface area contributed by atoms with Gasteiger partial charge in [-0.25, -0.2) is 0 Å². The number of aromatic hydroxyl groups is 1. The van der Waals surface area contributed by atoms with Gasteiger partial charge in [0.1, 0.15) is 5.75 Å². The lowest BCUT2D eigenvalue weighted by atomic mass is 10.1. The minimum Gasteiger partial charge on any atom is -0.506 e. The third-order valence-electron chi connectivity index (χ3n) is 4.08. The normalized spacial score (nSPS) is 16.0. The lowest BCUT2D eigenvalue weighted by Gasteiger charge is -2.36. The summed E-state index contributed by atoms with van der Waals surface area (Å²) in [4.78, 5) is 8.79. The van der Waals surface area contributed by atoms with Crippen molar-refractivity contribution >= 4 is 17.3 Å². The Labute approximate surface area is 136 Å². The second-order valence-electron chi connectivity index (χ2n) is 5.61. The molecule has 0 aliphatic carbocycles. The van der Waals surface area contributed by atoms with Crippen LogP contribution in [0.5, 0.6) is 5.75 Å². The van der Waals surface area contributed by atoms with Crippen molar-refractivity contribution in [1.29, 1.82) is 0 Å². The highest BCUT2D eigenvalue weighted by atomic mass is 35.5. The van der Waals surface area contributed by atoms with Crippen LogP contribution in [0.25, 0.3) is 0 Å². The standard InChI is InChI=1S/C17H20ClN3O/c18-15-3-1-14(2-4-15)5-6-20-7-9-21(10-8-20)16-11-17(22)13-19-12-16/h1-4,11-13,22H,5-10H2. The molecule has 1 saturated heterocycles. The highest BCUT2D eigenvalue weighted by molar-refractivity contribution is 6.30. The zero-order chi connectivity index (χ0) is 15.4. The van der Waals surface area contributed by atoms with Gasteiger partial charge >= 0.3 is 0 Å². The van der Waals surface area contributed by atoms with Crippen LogP contribution in [0, 0.1) is 0 Å². The van der Waals surface area contributed by atoms with Crippen molar-refractivity contribution < 1.29 is 5.11 Å². The Morgan fingerprint density at radius 2 is 1.77 bits per heavy atom. The van der Waals surface area contributed by atoms with Gasteiger partial charge in [-0.05, 0) is 24.1 Å². The summed E-state index contributed by atoms with van der Waals surface area (Å²) in [7, 11) is 0. The molecule has 3 rings (SSSR count). The van der Waals surface area contributed by atoms with Crippen LogP contribution in [0.2, 0.25) is 5.02 Å². The molecule has 0 saturated carbocycles. The first-order valence-corrected chi connectivity index (χ1v) is 7.94. The number of pyridine rings is 1. The van der Waals surface area contributed by atoms with E-state index in [1.807, 2.05) is 18.3 Å². The number of halogens is 1. The van der Waals surface area contributed by atoms with E-state index in [1.165, 1.54) is 11.8 Å². The molecule has 2 aromatic rings. The predicted molar refractivity (Wildman–Crippen MR) is 89.7 cm³/mol. The summed E-state index contributed by atoms with van der Waals surface area (Å²) in [6, 6.07) is 9.86. The van der Waals surface area contributed by atoms with Crippen molar-refractivity contribution in [2.24, 2.45) is 0 Å². The molecule has 1 aromatic heterocycles. The van der Waals surface area contributed by atoms with Gasteiger partial charge in [0.15, 0.2) is 0 Å². The number of hydrogen-bond acceptors (Lipinski definition) is 4. The fraction of sp³-hybridized carbons (Fsp3) is 0.353. The quantitative estimate of drug-likeness (QED) is 0.941. The molecule has 1 aromatic carbocycles. The largest absolute Gasteiger partial charge is 0.506 e. The monoisotopic (exact) mass is 317 g/mol. The van der Waals surface area contributed by atoms with Gasteiger partial charge < -0.3 is 10.0 Å². The van der Waals surface area contributed by atoms with E-state index < -0.39 is 0 Å². The van der Waals surface area contributed by atoms with Gasteiger partial charge in [-0.2, -0.15) is 0 Å². The summed E-state index contributed by atoms with van der Waals surface area (Å²) in [5, 5.41) is 10.3. The van der Waals surface area contributed by atoms with Crippen LogP contribution in [-0.2, 0) is 6.42 Å². The maximum Gasteiger partial charge on any atom is 0.135 e. The zero-order valence-electron chi connectivity index (χ0n) is 12.5. The smallest absolute Gasteiger partial charge is 0.135 e. The molecule has 0 radical (unpaired) electrons. The first-order valence-electron chi connectivity index (χ1n) is 7.56. The molecule has 0 bridgehead atoms. The van der Waals surface area contributed by atoms with E-state index in [1.54, 1.807) is 6.07 Å². The molecular formula is C17H20ClN3O. The lowest BCUT2D eigenvalue weighted by Crippen LogP contribution is -2.47. The predicted octanol–water partition coefficient (Wildman–Crippen LogP) is 2.81. The van der Waals surface area contributed by atoms with E-state index in [-0.39, 0.29) is 5.75 Å². The fourth-order valence-corrected chi connectivity index (χ4v) is 2.88. The van der Waals surface area contributed by atoms with Crippen molar-refractivity contribution in [2.75, 3.05) is 37.6 Å². The molecule has 0 unspecified atom stereocenters. The second kappa shape index (κ2) is 6.99. The molecule has 0 atom stereocenters. The van der Waals surface area contributed by atoms with E-state index in [9.17, 15) is 5.11 Å². The van der Waals surface area contributed by atoms with Crippen LogP contribution in [0.15, 0.2) is 42.7 Å². The number of piperazine rings is 1. The maximum atomic E-state index is 9.52. The van der Waals surface area contributed by atoms with Gasteiger partial charge in [0.2, 0.25) is 0 Å². The topological polar surface area (TPSA) is 39.6 Å². The van der Waals surface area contributed by atoms with Crippen LogP contribution < -0.4 is 4.90 Å². The van der Waals surface area contributed by atoms with E-state index in [2.05, 4.69) is 26.9 Å². The second-order valence-corrected chi connectivity index (χ2v) is 6.04. The maximum absolute atomic E-state index is 9.52. The van der Waals surface area contributed by atoms with Gasteiger partial charge in [0, 0.05) is 43.8 Å². The molecule has 5 heteroatoms. The van der Waals surface area contributed by atoms with Crippen LogP contribution in [0.4, 0.5) is 5.69 Å². The molecular weight excluding hydrogens is 298 g/mol. The summed E-state index contributed by atoms with van der Waals surface area (Å²) in [6.07, 6.45) is 4.32. The van der Waals surface area contributed by atoms with Crippen LogP contribution in [0.1, 0.15) is 5.56 Å². The van der Waals surface area contributed by atoms with E-state index >= 15 is 0 Å². The number of anilines is 1. The Bertz CT molecular complexity index is 610. The Morgan fingerprint density at radius 1 is 1.05 bits per heavy atom. The number of nitrogens with zero attached hydrogens (tertiary/aromatic N) is 3. The average Bonchev–Trinajstić information content (AvgIpc) is 2.55. The summed E-state index contributed by atoms with van der Waals surface area (Å²) >= 11 is 5.91. The molecule has 1 fully saturated rings. The summed E-state index contributed by atoms with van der Waals surface area (Å²) in [5.41, 5.74) is 2.32. The van der Waals surface area contributed by atoms with E-state index in [0.717, 1.165) is 49.9 Å². The molecule has 22 heavy (non-hydrogen) atoms. The average molecular weight is 318 g/mol. The number of hydrogen-bond donors (Lipinski definition) is 1. The van der Waals surface area contributed by atoms with E-state index in [0.29, 0.717) is 0 Å². The van der Waals surface area contributed by atoms with Gasteiger partial charge in [-0.15, -0.1) is 0 Å². The minimum atomic E-state index is 0.225. The highest BCUT2D eigenvalue weighted by Gasteiger charge is 2.17. The van der Waals surface area contributed by atoms with Gasteiger partial charge in [-0.3, -0.25) is 9.88 Å². The Kier molecular flexibility index (Phi) is 4.80. The molecule has 1 aliphatic rings.